The maximum atomic E-state index is 15.7. The van der Waals surface area contributed by atoms with Gasteiger partial charge < -0.3 is 114 Å². The van der Waals surface area contributed by atoms with Crippen LogP contribution in [-0.2, 0) is 58.7 Å². The molecule has 88 heavy (non-hydrogen) atoms. The first-order valence-corrected chi connectivity index (χ1v) is 31.0. The molecule has 28 atom stereocenters. The van der Waals surface area contributed by atoms with Crippen molar-refractivity contribution in [3.05, 3.63) is 41.5 Å². The van der Waals surface area contributed by atoms with Crippen molar-refractivity contribution in [3.63, 3.8) is 0 Å². The molecule has 4 saturated heterocycles. The fourth-order valence-corrected chi connectivity index (χ4v) is 17.4. The van der Waals surface area contributed by atoms with E-state index in [1.807, 2.05) is 0 Å². The van der Waals surface area contributed by atoms with Crippen LogP contribution in [0.3, 0.4) is 0 Å². The molecule has 1 aromatic rings. The van der Waals surface area contributed by atoms with E-state index in [1.54, 1.807) is 12.1 Å². The molecule has 9 aliphatic rings. The number of benzene rings is 1. The van der Waals surface area contributed by atoms with Gasteiger partial charge in [-0.05, 0) is 127 Å². The molecule has 26 heteroatoms. The summed E-state index contributed by atoms with van der Waals surface area (Å²) in [7, 11) is 0. The van der Waals surface area contributed by atoms with Gasteiger partial charge in [0.15, 0.2) is 24.8 Å². The van der Waals surface area contributed by atoms with Crippen LogP contribution in [0.25, 0.3) is 0 Å². The molecule has 496 valence electrons. The summed E-state index contributed by atoms with van der Waals surface area (Å²) in [6, 6.07) is 6.18. The Morgan fingerprint density at radius 1 is 0.614 bits per heavy atom. The van der Waals surface area contributed by atoms with Crippen LogP contribution in [0, 0.1) is 50.2 Å². The number of aliphatic hydroxyl groups is 13. The number of hydrogen-bond acceptors (Lipinski definition) is 25. The zero-order chi connectivity index (χ0) is 64.1. The number of carbonyl (C=O) groups excluding carboxylic acids is 2. The number of carbonyl (C=O) groups is 3. The van der Waals surface area contributed by atoms with E-state index >= 15 is 4.79 Å². The third-order valence-electron chi connectivity index (χ3n) is 22.8. The fraction of sp³-hybridized carbons (Fsp3) is 0.823. The van der Waals surface area contributed by atoms with Gasteiger partial charge in [0.2, 0.25) is 12.6 Å². The standard InChI is InChI=1S/C62H92O26/c1-57(2)20-21-62(30(22-57)29-13-14-35-59(5)18-17-37(84-54-47(76)43(72)44(73)49(87-54)51(77)78)58(3,4)34(59)16-19-60(35,6)61(29,7)23-36(62)66)56(79)88-55-50(48(31(65)26-80-55)86-53-46(75)42(71)40(69)33(25-64)83-53)85-38(67)15-10-27-8-11-28(12-9-27)81-52-45(74)41(70)39(68)32(24-63)82-52/h8-9,11-13,30-37,39-50,52-55,63-66,68-76H,10,14-26H2,1-7H3,(H,77,78). The Kier molecular flexibility index (Phi) is 19.2. The minimum atomic E-state index is -1.95. The molecular weight excluding hydrogens is 1160 g/mol. The number of carboxylic acids is 1. The molecule has 8 fully saturated rings. The molecule has 4 aliphatic heterocycles. The van der Waals surface area contributed by atoms with Gasteiger partial charge >= 0.3 is 17.9 Å². The summed E-state index contributed by atoms with van der Waals surface area (Å²) in [6.07, 6.45) is -27.2. The van der Waals surface area contributed by atoms with Crippen molar-refractivity contribution >= 4 is 17.9 Å². The van der Waals surface area contributed by atoms with Crippen molar-refractivity contribution in [1.29, 1.82) is 0 Å². The van der Waals surface area contributed by atoms with Crippen LogP contribution in [-0.4, -0.2) is 238 Å². The lowest BCUT2D eigenvalue weighted by atomic mass is 9.33. The van der Waals surface area contributed by atoms with Gasteiger partial charge in [0.25, 0.3) is 0 Å². The predicted molar refractivity (Wildman–Crippen MR) is 299 cm³/mol. The molecule has 4 saturated carbocycles. The van der Waals surface area contributed by atoms with Crippen LogP contribution in [0.2, 0.25) is 0 Å². The van der Waals surface area contributed by atoms with Gasteiger partial charge in [-0.2, -0.15) is 0 Å². The second kappa shape index (κ2) is 25.0. The molecule has 0 bridgehead atoms. The van der Waals surface area contributed by atoms with E-state index in [0.717, 1.165) is 18.4 Å². The van der Waals surface area contributed by atoms with Crippen molar-refractivity contribution in [2.75, 3.05) is 19.8 Å². The Hall–Kier alpha value is -3.59. The lowest BCUT2D eigenvalue weighted by Gasteiger charge is -2.71. The molecule has 4 heterocycles. The van der Waals surface area contributed by atoms with E-state index in [0.29, 0.717) is 37.7 Å². The molecule has 5 aliphatic carbocycles. The summed E-state index contributed by atoms with van der Waals surface area (Å²) in [5.41, 5.74) is -2.20. The highest BCUT2D eigenvalue weighted by Crippen LogP contribution is 2.76. The molecule has 0 aromatic heterocycles. The van der Waals surface area contributed by atoms with Gasteiger partial charge in [-0.3, -0.25) is 9.59 Å². The number of esters is 2. The molecule has 26 nitrogen and oxygen atoms in total. The Morgan fingerprint density at radius 3 is 1.84 bits per heavy atom. The first-order valence-electron chi connectivity index (χ1n) is 31.0. The summed E-state index contributed by atoms with van der Waals surface area (Å²) in [5, 5.41) is 149. The highest BCUT2D eigenvalue weighted by molar-refractivity contribution is 5.80. The predicted octanol–water partition coefficient (Wildman–Crippen LogP) is -0.795. The number of aliphatic hydroxyl groups excluding tert-OH is 13. The zero-order valence-corrected chi connectivity index (χ0v) is 50.8. The molecule has 28 unspecified atom stereocenters. The number of ether oxygens (including phenoxy) is 9. The average molecular weight is 1250 g/mol. The SMILES string of the molecule is CC1(C)CCC2(C(=O)OC3OCC(O)C(OC4OC(CO)C(O)C(O)C4O)C3OC(=O)CCc3ccc(OC4OC(CO)C(O)C(O)C4O)cc3)C(O)CC3(C)C(=CCC4C5(C)CCC(OC6OC(C(=O)O)C(O)C(O)C6O)C(C)(C)C5CCC43C)C2C1. The molecule has 0 amide bonds. The van der Waals surface area contributed by atoms with Gasteiger partial charge in [0, 0.05) is 6.42 Å². The summed E-state index contributed by atoms with van der Waals surface area (Å²) in [4.78, 5) is 41.8. The normalized spacial score (nSPS) is 48.0. The third-order valence-corrected chi connectivity index (χ3v) is 22.8. The van der Waals surface area contributed by atoms with Crippen molar-refractivity contribution in [2.45, 2.75) is 248 Å². The number of aryl methyl sites for hydroxylation is 1. The van der Waals surface area contributed by atoms with Gasteiger partial charge in [-0.1, -0.05) is 72.2 Å². The van der Waals surface area contributed by atoms with Crippen molar-refractivity contribution < 1.29 is 129 Å². The molecule has 0 radical (unpaired) electrons. The Bertz CT molecular complexity index is 2690. The number of rotatable bonds is 15. The summed E-state index contributed by atoms with van der Waals surface area (Å²) in [6.45, 7) is 13.2. The van der Waals surface area contributed by atoms with E-state index in [9.17, 15) is 81.1 Å². The monoisotopic (exact) mass is 1250 g/mol. The average Bonchev–Trinajstić information content (AvgIpc) is 0.678. The highest BCUT2D eigenvalue weighted by atomic mass is 16.8. The minimum absolute atomic E-state index is 0.0422. The first kappa shape index (κ1) is 67.3. The van der Waals surface area contributed by atoms with E-state index in [2.05, 4.69) is 54.5 Å². The maximum Gasteiger partial charge on any atom is 0.335 e. The van der Waals surface area contributed by atoms with E-state index in [-0.39, 0.29) is 54.1 Å². The van der Waals surface area contributed by atoms with Crippen LogP contribution in [0.5, 0.6) is 5.75 Å². The highest BCUT2D eigenvalue weighted by Gasteiger charge is 2.72. The zero-order valence-electron chi connectivity index (χ0n) is 50.8. The lowest BCUT2D eigenvalue weighted by molar-refractivity contribution is -0.347. The van der Waals surface area contributed by atoms with E-state index in [1.165, 1.54) is 12.1 Å². The third kappa shape index (κ3) is 11.6. The lowest BCUT2D eigenvalue weighted by Crippen LogP contribution is -2.68. The largest absolute Gasteiger partial charge is 0.479 e. The van der Waals surface area contributed by atoms with Gasteiger partial charge in [-0.25, -0.2) is 4.79 Å². The Balaban J connectivity index is 0.895. The Labute approximate surface area is 510 Å². The quantitative estimate of drug-likeness (QED) is 0.0581. The van der Waals surface area contributed by atoms with Crippen LogP contribution in [0.1, 0.15) is 118 Å². The molecule has 10 rings (SSSR count). The second-order valence-corrected chi connectivity index (χ2v) is 28.6. The number of fused-ring (bicyclic) bond motifs is 7. The molecule has 14 N–H and O–H groups in total. The summed E-state index contributed by atoms with van der Waals surface area (Å²) >= 11 is 0. The van der Waals surface area contributed by atoms with Crippen LogP contribution in [0.4, 0.5) is 0 Å². The van der Waals surface area contributed by atoms with E-state index < -0.39 is 194 Å². The fourth-order valence-electron chi connectivity index (χ4n) is 17.4. The Morgan fingerprint density at radius 2 is 1.22 bits per heavy atom. The van der Waals surface area contributed by atoms with Crippen molar-refractivity contribution in [2.24, 2.45) is 50.2 Å². The van der Waals surface area contributed by atoms with Gasteiger partial charge in [-0.15, -0.1) is 0 Å². The topological polar surface area (TPSA) is 418 Å². The molecular formula is C62H92O26. The van der Waals surface area contributed by atoms with E-state index in [4.69, 9.17) is 42.6 Å². The minimum Gasteiger partial charge on any atom is -0.479 e. The first-order chi connectivity index (χ1) is 41.3. The van der Waals surface area contributed by atoms with Crippen LogP contribution < -0.4 is 4.74 Å². The summed E-state index contributed by atoms with van der Waals surface area (Å²) < 4.78 is 53.5. The molecule has 0 spiro atoms. The van der Waals surface area contributed by atoms with Crippen LogP contribution in [0.15, 0.2) is 35.9 Å². The summed E-state index contributed by atoms with van der Waals surface area (Å²) in [5.74, 6) is -3.51. The number of carboxylic acid groups (broad SMARTS) is 1. The number of hydrogen-bond donors (Lipinski definition) is 14. The van der Waals surface area contributed by atoms with Crippen molar-refractivity contribution in [3.8, 4) is 5.75 Å². The van der Waals surface area contributed by atoms with Gasteiger partial charge in [0.1, 0.15) is 90.5 Å². The number of aliphatic carboxylic acids is 1. The van der Waals surface area contributed by atoms with Gasteiger partial charge in [0.05, 0.1) is 32.0 Å². The van der Waals surface area contributed by atoms with Crippen molar-refractivity contribution in [1.82, 2.24) is 0 Å². The number of allylic oxidation sites excluding steroid dienone is 2. The maximum absolute atomic E-state index is 15.7. The molecule has 1 aromatic carbocycles. The van der Waals surface area contributed by atoms with Crippen LogP contribution >= 0.6 is 0 Å². The second-order valence-electron chi connectivity index (χ2n) is 28.6. The smallest absolute Gasteiger partial charge is 0.335 e.